The van der Waals surface area contributed by atoms with Crippen molar-refractivity contribution in [3.05, 3.63) is 78.2 Å². The summed E-state index contributed by atoms with van der Waals surface area (Å²) in [4.78, 5) is 13.3. The van der Waals surface area contributed by atoms with E-state index in [0.717, 1.165) is 44.7 Å². The van der Waals surface area contributed by atoms with Crippen LogP contribution in [0.1, 0.15) is 5.56 Å². The number of nitrogens with one attached hydrogen (secondary N) is 1. The molecule has 0 aliphatic heterocycles. The molecule has 2 heterocycles. The first kappa shape index (κ1) is 17.2. The van der Waals surface area contributed by atoms with Gasteiger partial charge in [0.2, 0.25) is 0 Å². The van der Waals surface area contributed by atoms with Gasteiger partial charge in [-0.3, -0.25) is 4.98 Å². The van der Waals surface area contributed by atoms with Gasteiger partial charge in [-0.15, -0.1) is 0 Å². The molecule has 4 nitrogen and oxygen atoms in total. The zero-order valence-corrected chi connectivity index (χ0v) is 15.5. The molecule has 2 aromatic heterocycles. The van der Waals surface area contributed by atoms with E-state index in [1.807, 2.05) is 37.4 Å². The highest BCUT2D eigenvalue weighted by Gasteiger charge is 2.12. The molecule has 0 amide bonds. The average molecular weight is 373 g/mol. The molecule has 27 heavy (non-hydrogen) atoms. The first-order valence-electron chi connectivity index (χ1n) is 8.51. The van der Waals surface area contributed by atoms with E-state index in [2.05, 4.69) is 45.0 Å². The lowest BCUT2D eigenvalue weighted by Crippen LogP contribution is -1.95. The minimum atomic E-state index is 0.656. The number of rotatable bonds is 4. The predicted octanol–water partition coefficient (Wildman–Crippen LogP) is 5.70. The van der Waals surface area contributed by atoms with Gasteiger partial charge >= 0.3 is 0 Å². The molecule has 132 valence electrons. The van der Waals surface area contributed by atoms with Gasteiger partial charge in [-0.25, -0.2) is 9.97 Å². The summed E-state index contributed by atoms with van der Waals surface area (Å²) < 4.78 is 0. The highest BCUT2D eigenvalue weighted by molar-refractivity contribution is 6.32. The third-order valence-corrected chi connectivity index (χ3v) is 4.81. The number of hydrogen-bond donors (Lipinski definition) is 1. The highest BCUT2D eigenvalue weighted by atomic mass is 35.5. The Balaban J connectivity index is 1.90. The van der Waals surface area contributed by atoms with Gasteiger partial charge in [0.15, 0.2) is 0 Å². The molecule has 0 aliphatic rings. The maximum absolute atomic E-state index is 6.37. The monoisotopic (exact) mass is 372 g/mol. The molecule has 0 spiro atoms. The summed E-state index contributed by atoms with van der Waals surface area (Å²) in [6.07, 6.45) is 5.10. The second-order valence-corrected chi connectivity index (χ2v) is 6.45. The van der Waals surface area contributed by atoms with Crippen LogP contribution < -0.4 is 5.32 Å². The van der Waals surface area contributed by atoms with Gasteiger partial charge in [-0.1, -0.05) is 48.5 Å². The number of fused-ring (bicyclic) bond motifs is 1. The van der Waals surface area contributed by atoms with Crippen LogP contribution in [0.3, 0.4) is 0 Å². The van der Waals surface area contributed by atoms with Crippen LogP contribution in [-0.2, 0) is 0 Å². The van der Waals surface area contributed by atoms with E-state index in [9.17, 15) is 0 Å². The fourth-order valence-electron chi connectivity index (χ4n) is 3.13. The van der Waals surface area contributed by atoms with Crippen molar-refractivity contribution in [3.63, 3.8) is 0 Å². The predicted molar refractivity (Wildman–Crippen MR) is 113 cm³/mol. The van der Waals surface area contributed by atoms with E-state index in [0.29, 0.717) is 5.02 Å². The molecule has 0 bridgehead atoms. The quantitative estimate of drug-likeness (QED) is 0.499. The van der Waals surface area contributed by atoms with Gasteiger partial charge in [0, 0.05) is 34.8 Å². The lowest BCUT2D eigenvalue weighted by molar-refractivity contribution is 1.21. The third-order valence-electron chi connectivity index (χ3n) is 4.48. The van der Waals surface area contributed by atoms with Gasteiger partial charge in [-0.2, -0.15) is 0 Å². The Morgan fingerprint density at radius 2 is 1.85 bits per heavy atom. The van der Waals surface area contributed by atoms with E-state index in [4.69, 9.17) is 11.6 Å². The zero-order valence-electron chi connectivity index (χ0n) is 14.8. The Bertz CT molecular complexity index is 1150. The second kappa shape index (κ2) is 7.17. The van der Waals surface area contributed by atoms with Crippen molar-refractivity contribution in [2.24, 2.45) is 0 Å². The molecule has 0 saturated carbocycles. The third kappa shape index (κ3) is 3.15. The summed E-state index contributed by atoms with van der Waals surface area (Å²) in [5.74, 6) is 0.797. The topological polar surface area (TPSA) is 50.7 Å². The average Bonchev–Trinajstić information content (AvgIpc) is 2.73. The van der Waals surface area contributed by atoms with Crippen LogP contribution in [0.15, 0.2) is 67.6 Å². The summed E-state index contributed by atoms with van der Waals surface area (Å²) in [7, 11) is 1.85. The summed E-state index contributed by atoms with van der Waals surface area (Å²) in [6.45, 7) is 3.79. The fraction of sp³-hybridized carbons (Fsp3) is 0.0455. The lowest BCUT2D eigenvalue weighted by atomic mass is 9.97. The van der Waals surface area contributed by atoms with Crippen LogP contribution in [-0.4, -0.2) is 22.0 Å². The number of benzene rings is 2. The van der Waals surface area contributed by atoms with Crippen molar-refractivity contribution >= 4 is 34.4 Å². The van der Waals surface area contributed by atoms with Crippen molar-refractivity contribution in [1.82, 2.24) is 15.0 Å². The minimum Gasteiger partial charge on any atom is -0.373 e. The van der Waals surface area contributed by atoms with E-state index >= 15 is 0 Å². The molecule has 0 fully saturated rings. The number of hydrogen-bond acceptors (Lipinski definition) is 4. The molecule has 0 radical (unpaired) electrons. The number of aromatic nitrogens is 3. The smallest absolute Gasteiger partial charge is 0.137 e. The molecule has 0 aliphatic carbocycles. The zero-order chi connectivity index (χ0) is 18.8. The molecule has 0 saturated heterocycles. The van der Waals surface area contributed by atoms with Crippen LogP contribution in [0.2, 0.25) is 5.02 Å². The summed E-state index contributed by atoms with van der Waals surface area (Å²) >= 11 is 6.37. The molecular weight excluding hydrogens is 356 g/mol. The van der Waals surface area contributed by atoms with Crippen molar-refractivity contribution in [1.29, 1.82) is 0 Å². The summed E-state index contributed by atoms with van der Waals surface area (Å²) in [5, 5.41) is 4.74. The maximum atomic E-state index is 6.37. The molecular formula is C22H17ClN4. The van der Waals surface area contributed by atoms with E-state index in [1.54, 1.807) is 18.6 Å². The fourth-order valence-corrected chi connectivity index (χ4v) is 3.39. The van der Waals surface area contributed by atoms with Gasteiger partial charge in [0.25, 0.3) is 0 Å². The largest absolute Gasteiger partial charge is 0.373 e. The van der Waals surface area contributed by atoms with Crippen molar-refractivity contribution in [3.8, 4) is 22.4 Å². The number of anilines is 1. The van der Waals surface area contributed by atoms with Crippen molar-refractivity contribution in [2.75, 3.05) is 12.4 Å². The van der Waals surface area contributed by atoms with Gasteiger partial charge < -0.3 is 5.32 Å². The van der Waals surface area contributed by atoms with Crippen LogP contribution in [0, 0.1) is 0 Å². The van der Waals surface area contributed by atoms with Crippen LogP contribution in [0.5, 0.6) is 0 Å². The molecule has 0 unspecified atom stereocenters. The van der Waals surface area contributed by atoms with Gasteiger partial charge in [0.05, 0.1) is 11.2 Å². The molecule has 5 heteroatoms. The Kier molecular flexibility index (Phi) is 4.57. The number of halogens is 1. The molecule has 1 N–H and O–H groups in total. The Hall–Kier alpha value is -3.24. The first-order valence-corrected chi connectivity index (χ1v) is 8.89. The van der Waals surface area contributed by atoms with Crippen LogP contribution in [0.25, 0.3) is 39.4 Å². The minimum absolute atomic E-state index is 0.656. The van der Waals surface area contributed by atoms with Gasteiger partial charge in [-0.05, 0) is 35.4 Å². The number of nitrogens with zero attached hydrogens (tertiary/aromatic N) is 3. The normalized spacial score (nSPS) is 10.7. The highest BCUT2D eigenvalue weighted by Crippen LogP contribution is 2.34. The molecule has 0 atom stereocenters. The summed E-state index contributed by atoms with van der Waals surface area (Å²) in [6, 6.07) is 16.0. The van der Waals surface area contributed by atoms with Gasteiger partial charge in [0.1, 0.15) is 12.1 Å². The number of pyridine rings is 1. The molecule has 2 aromatic carbocycles. The van der Waals surface area contributed by atoms with E-state index < -0.39 is 0 Å². The molecule has 4 rings (SSSR count). The van der Waals surface area contributed by atoms with E-state index in [1.165, 1.54) is 0 Å². The lowest BCUT2D eigenvalue weighted by Gasteiger charge is -2.12. The SMILES string of the molecule is C=Cc1ccc(-c2ncccc2-c2ccc3ncnc(NC)c3c2)cc1Cl. The van der Waals surface area contributed by atoms with Crippen molar-refractivity contribution in [2.45, 2.75) is 0 Å². The molecule has 4 aromatic rings. The van der Waals surface area contributed by atoms with Crippen LogP contribution >= 0.6 is 11.6 Å². The first-order chi connectivity index (χ1) is 13.2. The standard InChI is InChI=1S/C22H17ClN4/c1-3-14-6-7-16(12-19(14)23)21-17(5-4-10-25-21)15-8-9-20-18(11-15)22(24-2)27-13-26-20/h3-13H,1H2,2H3,(H,24,26,27). The van der Waals surface area contributed by atoms with Crippen LogP contribution in [0.4, 0.5) is 5.82 Å². The van der Waals surface area contributed by atoms with E-state index in [-0.39, 0.29) is 0 Å². The second-order valence-electron chi connectivity index (χ2n) is 6.04. The Labute approximate surface area is 162 Å². The summed E-state index contributed by atoms with van der Waals surface area (Å²) in [5.41, 5.74) is 5.69. The Morgan fingerprint density at radius 3 is 2.63 bits per heavy atom. The Morgan fingerprint density at radius 1 is 1.00 bits per heavy atom. The maximum Gasteiger partial charge on any atom is 0.137 e. The van der Waals surface area contributed by atoms with Crippen molar-refractivity contribution < 1.29 is 0 Å².